The molecule has 1 aliphatic rings. The third-order valence-corrected chi connectivity index (χ3v) is 3.20. The van der Waals surface area contributed by atoms with Crippen molar-refractivity contribution in [3.63, 3.8) is 0 Å². The van der Waals surface area contributed by atoms with Crippen LogP contribution in [0.25, 0.3) is 0 Å². The highest BCUT2D eigenvalue weighted by molar-refractivity contribution is 9.08. The van der Waals surface area contributed by atoms with Gasteiger partial charge in [0.25, 0.3) is 0 Å². The average Bonchev–Trinajstić information content (AvgIpc) is 2.82. The predicted molar refractivity (Wildman–Crippen MR) is 65.5 cm³/mol. The van der Waals surface area contributed by atoms with Crippen LogP contribution >= 0.6 is 15.9 Å². The molecule has 0 bridgehead atoms. The van der Waals surface area contributed by atoms with E-state index in [1.807, 2.05) is 18.2 Å². The van der Waals surface area contributed by atoms with E-state index < -0.39 is 0 Å². The van der Waals surface area contributed by atoms with Crippen LogP contribution < -0.4 is 0 Å². The summed E-state index contributed by atoms with van der Waals surface area (Å²) in [7, 11) is 0. The zero-order valence-electron chi connectivity index (χ0n) is 9.19. The molecule has 0 aromatic carbocycles. The van der Waals surface area contributed by atoms with Gasteiger partial charge in [0.15, 0.2) is 0 Å². The Hall–Kier alpha value is -0.450. The average molecular weight is 286 g/mol. The smallest absolute Gasteiger partial charge is 0.0888 e. The monoisotopic (exact) mass is 285 g/mol. The van der Waals surface area contributed by atoms with Crippen molar-refractivity contribution in [2.45, 2.75) is 18.4 Å². The zero-order valence-corrected chi connectivity index (χ0v) is 10.8. The fraction of sp³-hybridized carbons (Fsp3) is 0.583. The van der Waals surface area contributed by atoms with Crippen molar-refractivity contribution in [3.8, 4) is 0 Å². The topological polar surface area (TPSA) is 31.4 Å². The molecule has 1 aromatic rings. The lowest BCUT2D eigenvalue weighted by atomic mass is 10.1. The molecule has 0 radical (unpaired) electrons. The van der Waals surface area contributed by atoms with E-state index in [0.717, 1.165) is 43.0 Å². The molecule has 2 heterocycles. The van der Waals surface area contributed by atoms with Crippen molar-refractivity contribution in [1.82, 2.24) is 4.98 Å². The first kappa shape index (κ1) is 12.0. The molecular formula is C12H16BrNO2. The number of rotatable bonds is 5. The number of halogens is 1. The number of alkyl halides is 1. The van der Waals surface area contributed by atoms with Gasteiger partial charge in [-0.3, -0.25) is 4.98 Å². The fourth-order valence-corrected chi connectivity index (χ4v) is 2.04. The van der Waals surface area contributed by atoms with Crippen molar-refractivity contribution in [3.05, 3.63) is 29.6 Å². The molecule has 1 unspecified atom stereocenters. The van der Waals surface area contributed by atoms with Crippen molar-refractivity contribution in [1.29, 1.82) is 0 Å². The van der Waals surface area contributed by atoms with Crippen molar-refractivity contribution < 1.29 is 9.47 Å². The summed E-state index contributed by atoms with van der Waals surface area (Å²) in [4.78, 5) is 4.45. The highest BCUT2D eigenvalue weighted by Gasteiger charge is 2.15. The normalized spacial score (nSPS) is 20.2. The van der Waals surface area contributed by atoms with Crippen molar-refractivity contribution in [2.24, 2.45) is 5.92 Å². The van der Waals surface area contributed by atoms with Crippen LogP contribution in [0.15, 0.2) is 18.2 Å². The molecule has 88 valence electrons. The number of hydrogen-bond donors (Lipinski definition) is 0. The van der Waals surface area contributed by atoms with Crippen LogP contribution in [0.4, 0.5) is 0 Å². The van der Waals surface area contributed by atoms with Gasteiger partial charge in [0, 0.05) is 17.9 Å². The number of pyridine rings is 1. The summed E-state index contributed by atoms with van der Waals surface area (Å²) >= 11 is 3.39. The lowest BCUT2D eigenvalue weighted by Crippen LogP contribution is -2.09. The van der Waals surface area contributed by atoms with Gasteiger partial charge in [-0.05, 0) is 18.6 Å². The molecular weight excluding hydrogens is 270 g/mol. The molecule has 1 atom stereocenters. The quantitative estimate of drug-likeness (QED) is 0.779. The Bertz CT molecular complexity index is 327. The second-order valence-corrected chi connectivity index (χ2v) is 4.56. The number of ether oxygens (including phenoxy) is 2. The summed E-state index contributed by atoms with van der Waals surface area (Å²) in [6, 6.07) is 6.02. The van der Waals surface area contributed by atoms with Gasteiger partial charge in [-0.1, -0.05) is 22.0 Å². The van der Waals surface area contributed by atoms with E-state index in [4.69, 9.17) is 9.47 Å². The minimum atomic E-state index is 0.569. The standard InChI is InChI=1S/C12H16BrNO2/c13-6-11-2-1-3-12(14-11)9-16-8-10-4-5-15-7-10/h1-3,10H,4-9H2. The number of aromatic nitrogens is 1. The van der Waals surface area contributed by atoms with E-state index >= 15 is 0 Å². The first-order valence-corrected chi connectivity index (χ1v) is 6.67. The van der Waals surface area contributed by atoms with Crippen molar-refractivity contribution >= 4 is 15.9 Å². The Balaban J connectivity index is 1.75. The number of nitrogens with zero attached hydrogens (tertiary/aromatic N) is 1. The van der Waals surface area contributed by atoms with E-state index in [-0.39, 0.29) is 0 Å². The molecule has 2 rings (SSSR count). The van der Waals surface area contributed by atoms with E-state index in [1.165, 1.54) is 0 Å². The third kappa shape index (κ3) is 3.54. The molecule has 0 N–H and O–H groups in total. The lowest BCUT2D eigenvalue weighted by Gasteiger charge is -2.08. The Kier molecular flexibility index (Phi) is 4.75. The summed E-state index contributed by atoms with van der Waals surface area (Å²) < 4.78 is 10.9. The molecule has 1 aromatic heterocycles. The highest BCUT2D eigenvalue weighted by Crippen LogP contribution is 2.13. The van der Waals surface area contributed by atoms with Gasteiger partial charge in [0.1, 0.15) is 0 Å². The second kappa shape index (κ2) is 6.33. The van der Waals surface area contributed by atoms with Crippen LogP contribution in [0.5, 0.6) is 0 Å². The van der Waals surface area contributed by atoms with E-state index in [0.29, 0.717) is 12.5 Å². The van der Waals surface area contributed by atoms with Gasteiger partial charge in [-0.15, -0.1) is 0 Å². The first-order valence-electron chi connectivity index (χ1n) is 5.55. The van der Waals surface area contributed by atoms with E-state index in [1.54, 1.807) is 0 Å². The molecule has 1 aliphatic heterocycles. The molecule has 3 nitrogen and oxygen atoms in total. The van der Waals surface area contributed by atoms with Crippen LogP contribution in [0, 0.1) is 5.92 Å². The van der Waals surface area contributed by atoms with Crippen LogP contribution in [-0.2, 0) is 21.4 Å². The summed E-state index contributed by atoms with van der Waals surface area (Å²) in [5.74, 6) is 0.569. The van der Waals surface area contributed by atoms with Crippen molar-refractivity contribution in [2.75, 3.05) is 19.8 Å². The van der Waals surface area contributed by atoms with Crippen LogP contribution in [-0.4, -0.2) is 24.8 Å². The summed E-state index contributed by atoms with van der Waals surface area (Å²) in [6.07, 6.45) is 1.12. The number of hydrogen-bond acceptors (Lipinski definition) is 3. The Morgan fingerprint density at radius 3 is 3.06 bits per heavy atom. The van der Waals surface area contributed by atoms with E-state index in [9.17, 15) is 0 Å². The summed E-state index contributed by atoms with van der Waals surface area (Å²) in [5.41, 5.74) is 2.04. The van der Waals surface area contributed by atoms with Gasteiger partial charge in [-0.2, -0.15) is 0 Å². The molecule has 4 heteroatoms. The summed E-state index contributed by atoms with van der Waals surface area (Å²) in [6.45, 7) is 3.10. The molecule has 1 fully saturated rings. The Labute approximate surface area is 104 Å². The first-order chi connectivity index (χ1) is 7.88. The Morgan fingerprint density at radius 1 is 1.44 bits per heavy atom. The van der Waals surface area contributed by atoms with Crippen LogP contribution in [0.1, 0.15) is 17.8 Å². The molecule has 0 saturated carbocycles. The maximum Gasteiger partial charge on any atom is 0.0888 e. The third-order valence-electron chi connectivity index (χ3n) is 2.63. The fourth-order valence-electron chi connectivity index (χ4n) is 1.73. The maximum absolute atomic E-state index is 5.65. The van der Waals surface area contributed by atoms with Gasteiger partial charge in [0.05, 0.1) is 31.2 Å². The zero-order chi connectivity index (χ0) is 11.2. The largest absolute Gasteiger partial charge is 0.381 e. The highest BCUT2D eigenvalue weighted by atomic mass is 79.9. The maximum atomic E-state index is 5.65. The SMILES string of the molecule is BrCc1cccc(COCC2CCOC2)n1. The minimum Gasteiger partial charge on any atom is -0.381 e. The molecule has 0 amide bonds. The Morgan fingerprint density at radius 2 is 2.31 bits per heavy atom. The lowest BCUT2D eigenvalue weighted by molar-refractivity contribution is 0.0772. The molecule has 16 heavy (non-hydrogen) atoms. The molecule has 0 spiro atoms. The van der Waals surface area contributed by atoms with Gasteiger partial charge < -0.3 is 9.47 Å². The summed E-state index contributed by atoms with van der Waals surface area (Å²) in [5, 5.41) is 0.789. The van der Waals surface area contributed by atoms with Gasteiger partial charge in [0.2, 0.25) is 0 Å². The van der Waals surface area contributed by atoms with Gasteiger partial charge >= 0.3 is 0 Å². The minimum absolute atomic E-state index is 0.569. The van der Waals surface area contributed by atoms with Crippen LogP contribution in [0.2, 0.25) is 0 Å². The molecule has 1 saturated heterocycles. The predicted octanol–water partition coefficient (Wildman–Crippen LogP) is 2.53. The second-order valence-electron chi connectivity index (χ2n) is 4.00. The molecule has 0 aliphatic carbocycles. The van der Waals surface area contributed by atoms with E-state index in [2.05, 4.69) is 20.9 Å². The van der Waals surface area contributed by atoms with Gasteiger partial charge in [-0.25, -0.2) is 0 Å². The van der Waals surface area contributed by atoms with Crippen LogP contribution in [0.3, 0.4) is 0 Å².